The summed E-state index contributed by atoms with van der Waals surface area (Å²) in [6, 6.07) is 0. The zero-order valence-electron chi connectivity index (χ0n) is 10.6. The van der Waals surface area contributed by atoms with Crippen LogP contribution in [0.4, 0.5) is 0 Å². The zero-order chi connectivity index (χ0) is 12.4. The topological polar surface area (TPSA) is 73.5 Å². The third-order valence-electron chi connectivity index (χ3n) is 2.79. The third-order valence-corrected chi connectivity index (χ3v) is 2.79. The van der Waals surface area contributed by atoms with Gasteiger partial charge in [0.25, 0.3) is 0 Å². The lowest BCUT2D eigenvalue weighted by Crippen LogP contribution is -2.15. The summed E-state index contributed by atoms with van der Waals surface area (Å²) in [7, 11) is 3.71. The van der Waals surface area contributed by atoms with Crippen LogP contribution in [-0.4, -0.2) is 30.0 Å². The third kappa shape index (κ3) is 2.50. The van der Waals surface area contributed by atoms with Crippen LogP contribution in [0.5, 0.6) is 0 Å². The van der Waals surface area contributed by atoms with Crippen molar-refractivity contribution in [1.29, 1.82) is 0 Å². The van der Waals surface area contributed by atoms with Crippen molar-refractivity contribution < 1.29 is 0 Å². The fraction of sp³-hybridized carbons (Fsp3) is 0.600. The maximum atomic E-state index is 4.37. The Balaban J connectivity index is 1.94. The lowest BCUT2D eigenvalue weighted by atomic mass is 10.2. The number of tetrazole rings is 1. The van der Waals surface area contributed by atoms with E-state index in [0.29, 0.717) is 12.4 Å². The Labute approximate surface area is 99.8 Å². The summed E-state index contributed by atoms with van der Waals surface area (Å²) in [6.07, 6.45) is 0. The van der Waals surface area contributed by atoms with E-state index in [1.807, 2.05) is 18.7 Å². The van der Waals surface area contributed by atoms with Crippen LogP contribution in [0, 0.1) is 13.8 Å². The number of hydrogen-bond acceptors (Lipinski definition) is 5. The summed E-state index contributed by atoms with van der Waals surface area (Å²) >= 11 is 0. The van der Waals surface area contributed by atoms with Gasteiger partial charge in [-0.1, -0.05) is 0 Å². The maximum absolute atomic E-state index is 4.37. The van der Waals surface area contributed by atoms with Gasteiger partial charge in [-0.25, -0.2) is 0 Å². The second kappa shape index (κ2) is 4.62. The second-order valence-corrected chi connectivity index (χ2v) is 4.07. The van der Waals surface area contributed by atoms with E-state index < -0.39 is 0 Å². The van der Waals surface area contributed by atoms with Crippen LogP contribution >= 0.6 is 0 Å². The van der Waals surface area contributed by atoms with Crippen molar-refractivity contribution >= 4 is 0 Å². The smallest absolute Gasteiger partial charge is 0.188 e. The molecule has 2 aromatic heterocycles. The molecule has 0 atom stereocenters. The number of aromatic nitrogens is 6. The Morgan fingerprint density at radius 1 is 1.12 bits per heavy atom. The van der Waals surface area contributed by atoms with Gasteiger partial charge in [0.1, 0.15) is 0 Å². The van der Waals surface area contributed by atoms with Crippen LogP contribution in [0.15, 0.2) is 0 Å². The monoisotopic (exact) mass is 235 g/mol. The first-order chi connectivity index (χ1) is 8.08. The summed E-state index contributed by atoms with van der Waals surface area (Å²) in [5.74, 6) is 0.701. The SMILES string of the molecule is Cc1nn(C)c(C)c1CNCc1nnn(C)n1. The van der Waals surface area contributed by atoms with Gasteiger partial charge in [0.15, 0.2) is 5.82 Å². The first-order valence-electron chi connectivity index (χ1n) is 5.50. The molecule has 0 aliphatic heterocycles. The van der Waals surface area contributed by atoms with E-state index >= 15 is 0 Å². The van der Waals surface area contributed by atoms with Crippen molar-refractivity contribution in [3.63, 3.8) is 0 Å². The van der Waals surface area contributed by atoms with E-state index in [4.69, 9.17) is 0 Å². The molecule has 0 aliphatic rings. The van der Waals surface area contributed by atoms with E-state index in [1.165, 1.54) is 16.1 Å². The quantitative estimate of drug-likeness (QED) is 0.798. The average Bonchev–Trinajstić information content (AvgIpc) is 2.78. The van der Waals surface area contributed by atoms with Gasteiger partial charge < -0.3 is 5.32 Å². The second-order valence-electron chi connectivity index (χ2n) is 4.07. The van der Waals surface area contributed by atoms with Crippen LogP contribution in [0.1, 0.15) is 22.8 Å². The van der Waals surface area contributed by atoms with E-state index in [2.05, 4.69) is 32.7 Å². The van der Waals surface area contributed by atoms with Gasteiger partial charge in [-0.3, -0.25) is 4.68 Å². The fourth-order valence-electron chi connectivity index (χ4n) is 1.77. The highest BCUT2D eigenvalue weighted by Gasteiger charge is 2.09. The summed E-state index contributed by atoms with van der Waals surface area (Å²) < 4.78 is 1.90. The predicted octanol–water partition coefficient (Wildman–Crippen LogP) is -0.150. The van der Waals surface area contributed by atoms with Crippen LogP contribution in [0.3, 0.4) is 0 Å². The van der Waals surface area contributed by atoms with E-state index in [9.17, 15) is 0 Å². The molecule has 0 aromatic carbocycles. The Morgan fingerprint density at radius 3 is 2.41 bits per heavy atom. The normalized spacial score (nSPS) is 11.1. The standard InChI is InChI=1S/C10H17N7/c1-7-9(8(2)16(3)13-7)5-11-6-10-12-15-17(4)14-10/h11H,5-6H2,1-4H3. The van der Waals surface area contributed by atoms with Crippen LogP contribution < -0.4 is 5.32 Å². The first kappa shape index (κ1) is 11.7. The highest BCUT2D eigenvalue weighted by molar-refractivity contribution is 5.23. The molecule has 0 spiro atoms. The van der Waals surface area contributed by atoms with Gasteiger partial charge >= 0.3 is 0 Å². The Kier molecular flexibility index (Phi) is 3.19. The molecule has 0 unspecified atom stereocenters. The summed E-state index contributed by atoms with van der Waals surface area (Å²) in [5, 5.41) is 19.5. The molecule has 0 bridgehead atoms. The average molecular weight is 235 g/mol. The molecule has 0 saturated heterocycles. The summed E-state index contributed by atoms with van der Waals surface area (Å²) in [4.78, 5) is 1.46. The molecule has 0 saturated carbocycles. The molecule has 92 valence electrons. The van der Waals surface area contributed by atoms with Gasteiger partial charge in [-0.15, -0.1) is 10.2 Å². The largest absolute Gasteiger partial charge is 0.305 e. The molecule has 2 rings (SSSR count). The molecule has 7 nitrogen and oxygen atoms in total. The number of aryl methyl sites for hydroxylation is 3. The van der Waals surface area contributed by atoms with Crippen molar-refractivity contribution in [1.82, 2.24) is 35.3 Å². The molecule has 2 aromatic rings. The molecule has 2 heterocycles. The van der Waals surface area contributed by atoms with E-state index in [-0.39, 0.29) is 0 Å². The highest BCUT2D eigenvalue weighted by atomic mass is 15.6. The summed E-state index contributed by atoms with van der Waals surface area (Å²) in [6.45, 7) is 5.47. The lowest BCUT2D eigenvalue weighted by Gasteiger charge is -2.02. The Morgan fingerprint density at radius 2 is 1.88 bits per heavy atom. The van der Waals surface area contributed by atoms with Gasteiger partial charge in [0.05, 0.1) is 19.3 Å². The predicted molar refractivity (Wildman–Crippen MR) is 62.0 cm³/mol. The number of hydrogen-bond donors (Lipinski definition) is 1. The number of nitrogens with zero attached hydrogens (tertiary/aromatic N) is 6. The summed E-state index contributed by atoms with van der Waals surface area (Å²) in [5.41, 5.74) is 3.48. The van der Waals surface area contributed by atoms with Crippen LogP contribution in [-0.2, 0) is 27.2 Å². The molecule has 0 fully saturated rings. The zero-order valence-corrected chi connectivity index (χ0v) is 10.6. The van der Waals surface area contributed by atoms with Gasteiger partial charge in [-0.2, -0.15) is 9.90 Å². The molecule has 1 N–H and O–H groups in total. The number of rotatable bonds is 4. The first-order valence-corrected chi connectivity index (χ1v) is 5.50. The minimum atomic E-state index is 0.613. The molecule has 0 aliphatic carbocycles. The Bertz CT molecular complexity index is 511. The van der Waals surface area contributed by atoms with Gasteiger partial charge in [-0.05, 0) is 19.1 Å². The van der Waals surface area contributed by atoms with Crippen molar-refractivity contribution in [2.45, 2.75) is 26.9 Å². The highest BCUT2D eigenvalue weighted by Crippen LogP contribution is 2.11. The minimum absolute atomic E-state index is 0.613. The van der Waals surface area contributed by atoms with Crippen LogP contribution in [0.2, 0.25) is 0 Å². The van der Waals surface area contributed by atoms with Crippen molar-refractivity contribution in [3.8, 4) is 0 Å². The maximum Gasteiger partial charge on any atom is 0.188 e. The van der Waals surface area contributed by atoms with Crippen LogP contribution in [0.25, 0.3) is 0 Å². The molecule has 17 heavy (non-hydrogen) atoms. The van der Waals surface area contributed by atoms with E-state index in [0.717, 1.165) is 12.2 Å². The van der Waals surface area contributed by atoms with E-state index in [1.54, 1.807) is 7.05 Å². The van der Waals surface area contributed by atoms with Gasteiger partial charge in [0.2, 0.25) is 0 Å². The lowest BCUT2D eigenvalue weighted by molar-refractivity contribution is 0.618. The van der Waals surface area contributed by atoms with Crippen molar-refractivity contribution in [2.75, 3.05) is 0 Å². The van der Waals surface area contributed by atoms with Crippen molar-refractivity contribution in [3.05, 3.63) is 22.8 Å². The molecule has 0 amide bonds. The fourth-order valence-corrected chi connectivity index (χ4v) is 1.77. The Hall–Kier alpha value is -1.76. The van der Waals surface area contributed by atoms with Gasteiger partial charge in [0, 0.05) is 24.8 Å². The van der Waals surface area contributed by atoms with Crippen molar-refractivity contribution in [2.24, 2.45) is 14.1 Å². The molecular formula is C10H17N7. The molecule has 7 heteroatoms. The minimum Gasteiger partial charge on any atom is -0.305 e. The molecular weight excluding hydrogens is 218 g/mol. The number of nitrogens with one attached hydrogen (secondary N) is 1. The molecule has 0 radical (unpaired) electrons.